The van der Waals surface area contributed by atoms with Gasteiger partial charge in [-0.1, -0.05) is 0 Å². The van der Waals surface area contributed by atoms with Crippen molar-refractivity contribution in [3.63, 3.8) is 0 Å². The van der Waals surface area contributed by atoms with E-state index in [0.717, 1.165) is 6.26 Å². The van der Waals surface area contributed by atoms with Crippen molar-refractivity contribution in [2.75, 3.05) is 12.9 Å². The minimum absolute atomic E-state index is 0.373. The van der Waals surface area contributed by atoms with Crippen molar-refractivity contribution < 1.29 is 17.9 Å². The molecular weight excluding hydrogens is 182 g/mol. The fraction of sp³-hybridized carbons (Fsp3) is 0.833. The molecule has 0 aliphatic carbocycles. The van der Waals surface area contributed by atoms with Gasteiger partial charge in [0.25, 0.3) is 5.91 Å². The number of carbonyl (C=O) groups excluding carboxylic acids is 1. The second kappa shape index (κ2) is 4.42. The minimum Gasteiger partial charge on any atom is -0.369 e. The summed E-state index contributed by atoms with van der Waals surface area (Å²) < 4.78 is 27.8. The van der Waals surface area contributed by atoms with E-state index in [1.54, 1.807) is 6.92 Å². The van der Waals surface area contributed by atoms with E-state index in [2.05, 4.69) is 0 Å². The first-order valence-electron chi connectivity index (χ1n) is 3.50. The Morgan fingerprint density at radius 2 is 2.08 bits per heavy atom. The van der Waals surface area contributed by atoms with E-state index < -0.39 is 22.0 Å². The number of amides is 1. The molecule has 0 fully saturated rings. The maximum absolute atomic E-state index is 10.9. The van der Waals surface area contributed by atoms with Gasteiger partial charge in [-0.15, -0.1) is 0 Å². The zero-order chi connectivity index (χ0) is 9.78. The van der Waals surface area contributed by atoms with Crippen LogP contribution in [0.4, 0.5) is 0 Å². The maximum atomic E-state index is 10.9. The van der Waals surface area contributed by atoms with Crippen LogP contribution < -0.4 is 4.72 Å². The number of rotatable bonds is 4. The molecule has 1 N–H and O–H groups in total. The number of nitrogens with one attached hydrogen (secondary N) is 1. The molecule has 0 spiro atoms. The Morgan fingerprint density at radius 1 is 1.58 bits per heavy atom. The van der Waals surface area contributed by atoms with Gasteiger partial charge in [0.05, 0.1) is 6.26 Å². The molecule has 0 aromatic heterocycles. The molecule has 1 unspecified atom stereocenters. The summed E-state index contributed by atoms with van der Waals surface area (Å²) in [6, 6.07) is 0. The van der Waals surface area contributed by atoms with Gasteiger partial charge in [0.1, 0.15) is 6.10 Å². The van der Waals surface area contributed by atoms with Crippen LogP contribution in [-0.4, -0.2) is 33.3 Å². The average molecular weight is 195 g/mol. The van der Waals surface area contributed by atoms with Gasteiger partial charge in [-0.2, -0.15) is 0 Å². The number of hydrogen-bond donors (Lipinski definition) is 1. The fourth-order valence-electron chi connectivity index (χ4n) is 0.591. The zero-order valence-corrected chi connectivity index (χ0v) is 8.14. The normalized spacial score (nSPS) is 13.9. The van der Waals surface area contributed by atoms with Crippen LogP contribution >= 0.6 is 0 Å². The molecule has 72 valence electrons. The van der Waals surface area contributed by atoms with E-state index in [1.807, 2.05) is 4.72 Å². The standard InChI is InChI=1S/C6H13NO4S/c1-4-11-5(2)6(8)7-12(3,9)10/h5H,4H2,1-3H3,(H,7,8). The van der Waals surface area contributed by atoms with E-state index in [-0.39, 0.29) is 0 Å². The molecule has 0 heterocycles. The number of carbonyl (C=O) groups is 1. The Morgan fingerprint density at radius 3 is 2.42 bits per heavy atom. The maximum Gasteiger partial charge on any atom is 0.262 e. The monoisotopic (exact) mass is 195 g/mol. The number of ether oxygens (including phenoxy) is 1. The van der Waals surface area contributed by atoms with Crippen LogP contribution in [0, 0.1) is 0 Å². The third-order valence-corrected chi connectivity index (χ3v) is 1.64. The first kappa shape index (κ1) is 11.4. The van der Waals surface area contributed by atoms with Gasteiger partial charge in [-0.3, -0.25) is 9.52 Å². The predicted molar refractivity (Wildman–Crippen MR) is 44.1 cm³/mol. The Bertz CT molecular complexity index is 246. The van der Waals surface area contributed by atoms with Crippen molar-refractivity contribution in [2.45, 2.75) is 20.0 Å². The lowest BCUT2D eigenvalue weighted by Gasteiger charge is -2.09. The highest BCUT2D eigenvalue weighted by molar-refractivity contribution is 7.89. The van der Waals surface area contributed by atoms with E-state index in [9.17, 15) is 13.2 Å². The lowest BCUT2D eigenvalue weighted by atomic mass is 10.4. The zero-order valence-electron chi connectivity index (χ0n) is 7.33. The lowest BCUT2D eigenvalue weighted by molar-refractivity contribution is -0.129. The van der Waals surface area contributed by atoms with Crippen molar-refractivity contribution in [2.24, 2.45) is 0 Å². The topological polar surface area (TPSA) is 72.5 Å². The summed E-state index contributed by atoms with van der Waals surface area (Å²) in [6.07, 6.45) is 0.188. The smallest absolute Gasteiger partial charge is 0.262 e. The summed E-state index contributed by atoms with van der Waals surface area (Å²) in [4.78, 5) is 10.9. The molecule has 0 rings (SSSR count). The van der Waals surface area contributed by atoms with Crippen molar-refractivity contribution in [1.82, 2.24) is 4.72 Å². The van der Waals surface area contributed by atoms with Gasteiger partial charge in [0.15, 0.2) is 0 Å². The van der Waals surface area contributed by atoms with Crippen molar-refractivity contribution in [1.29, 1.82) is 0 Å². The Hall–Kier alpha value is -0.620. The summed E-state index contributed by atoms with van der Waals surface area (Å²) in [5.74, 6) is -0.639. The second-order valence-electron chi connectivity index (χ2n) is 2.34. The summed E-state index contributed by atoms with van der Waals surface area (Å²) in [5, 5.41) is 0. The molecule has 0 radical (unpaired) electrons. The largest absolute Gasteiger partial charge is 0.369 e. The summed E-state index contributed by atoms with van der Waals surface area (Å²) in [6.45, 7) is 3.59. The Kier molecular flexibility index (Phi) is 4.19. The van der Waals surface area contributed by atoms with E-state index >= 15 is 0 Å². The van der Waals surface area contributed by atoms with Crippen LogP contribution in [0.1, 0.15) is 13.8 Å². The molecule has 12 heavy (non-hydrogen) atoms. The van der Waals surface area contributed by atoms with Gasteiger partial charge in [0.2, 0.25) is 10.0 Å². The molecule has 0 bridgehead atoms. The molecule has 0 aliphatic rings. The highest BCUT2D eigenvalue weighted by Gasteiger charge is 2.15. The molecule has 6 heteroatoms. The van der Waals surface area contributed by atoms with Crippen LogP contribution in [0.15, 0.2) is 0 Å². The number of sulfonamides is 1. The SMILES string of the molecule is CCOC(C)C(=O)NS(C)(=O)=O. The van der Waals surface area contributed by atoms with Crippen LogP contribution in [-0.2, 0) is 19.6 Å². The molecule has 0 aromatic carbocycles. The fourth-order valence-corrected chi connectivity index (χ4v) is 1.12. The van der Waals surface area contributed by atoms with Crippen molar-refractivity contribution in [3.8, 4) is 0 Å². The molecule has 0 aliphatic heterocycles. The Labute approximate surface area is 72.1 Å². The van der Waals surface area contributed by atoms with Gasteiger partial charge in [0, 0.05) is 6.61 Å². The van der Waals surface area contributed by atoms with Gasteiger partial charge < -0.3 is 4.74 Å². The van der Waals surface area contributed by atoms with Crippen LogP contribution in [0.5, 0.6) is 0 Å². The van der Waals surface area contributed by atoms with Crippen LogP contribution in [0.25, 0.3) is 0 Å². The molecule has 0 aromatic rings. The predicted octanol–water partition coefficient (Wildman–Crippen LogP) is -0.513. The van der Waals surface area contributed by atoms with Gasteiger partial charge >= 0.3 is 0 Å². The highest BCUT2D eigenvalue weighted by Crippen LogP contribution is 1.90. The van der Waals surface area contributed by atoms with E-state index in [1.165, 1.54) is 6.92 Å². The first-order valence-corrected chi connectivity index (χ1v) is 5.39. The minimum atomic E-state index is -3.47. The molecule has 0 saturated heterocycles. The average Bonchev–Trinajstić information content (AvgIpc) is 1.84. The lowest BCUT2D eigenvalue weighted by Crippen LogP contribution is -2.37. The molecule has 5 nitrogen and oxygen atoms in total. The van der Waals surface area contributed by atoms with Gasteiger partial charge in [-0.05, 0) is 13.8 Å². The van der Waals surface area contributed by atoms with Crippen molar-refractivity contribution in [3.05, 3.63) is 0 Å². The first-order chi connectivity index (χ1) is 5.37. The van der Waals surface area contributed by atoms with Crippen molar-refractivity contribution >= 4 is 15.9 Å². The van der Waals surface area contributed by atoms with Gasteiger partial charge in [-0.25, -0.2) is 8.42 Å². The number of hydrogen-bond acceptors (Lipinski definition) is 4. The molecule has 1 amide bonds. The molecule has 1 atom stereocenters. The summed E-state index contributed by atoms with van der Waals surface area (Å²) >= 11 is 0. The molecule has 0 saturated carbocycles. The third kappa shape index (κ3) is 5.09. The second-order valence-corrected chi connectivity index (χ2v) is 4.08. The summed E-state index contributed by atoms with van der Waals surface area (Å²) in [7, 11) is -3.47. The van der Waals surface area contributed by atoms with E-state index in [4.69, 9.17) is 4.74 Å². The Balaban J connectivity index is 4.05. The molecular formula is C6H13NO4S. The van der Waals surface area contributed by atoms with Crippen LogP contribution in [0.2, 0.25) is 0 Å². The quantitative estimate of drug-likeness (QED) is 0.655. The van der Waals surface area contributed by atoms with E-state index in [0.29, 0.717) is 6.61 Å². The van der Waals surface area contributed by atoms with Crippen LogP contribution in [0.3, 0.4) is 0 Å². The summed E-state index contributed by atoms with van der Waals surface area (Å²) in [5.41, 5.74) is 0. The highest BCUT2D eigenvalue weighted by atomic mass is 32.2. The third-order valence-electron chi connectivity index (χ3n) is 1.07.